The van der Waals surface area contributed by atoms with Gasteiger partial charge in [-0.1, -0.05) is 66.2 Å². The van der Waals surface area contributed by atoms with Crippen molar-refractivity contribution in [3.05, 3.63) is 95.0 Å². The zero-order valence-electron chi connectivity index (χ0n) is 14.5. The van der Waals surface area contributed by atoms with Crippen molar-refractivity contribution < 1.29 is 4.74 Å². The number of anilines is 1. The average molecular weight is 363 g/mol. The maximum Gasteiger partial charge on any atom is 0.144 e. The first kappa shape index (κ1) is 16.7. The van der Waals surface area contributed by atoms with Gasteiger partial charge in [0.05, 0.1) is 18.9 Å². The summed E-state index contributed by atoms with van der Waals surface area (Å²) in [5, 5.41) is 7.75. The van der Waals surface area contributed by atoms with Crippen LogP contribution in [-0.2, 0) is 0 Å². The van der Waals surface area contributed by atoms with Gasteiger partial charge in [0.25, 0.3) is 0 Å². The normalized spacial score (nSPS) is 16.5. The molecular formula is C22H19ClN2O. The van der Waals surface area contributed by atoms with Crippen LogP contribution in [0.4, 0.5) is 5.69 Å². The van der Waals surface area contributed by atoms with Crippen molar-refractivity contribution in [1.29, 1.82) is 0 Å². The van der Waals surface area contributed by atoms with Crippen LogP contribution >= 0.6 is 11.6 Å². The Balaban J connectivity index is 1.78. The number of rotatable bonds is 4. The van der Waals surface area contributed by atoms with E-state index >= 15 is 0 Å². The molecule has 0 saturated carbocycles. The van der Waals surface area contributed by atoms with Crippen molar-refractivity contribution in [2.24, 2.45) is 5.10 Å². The summed E-state index contributed by atoms with van der Waals surface area (Å²) in [6.45, 7) is 0. The van der Waals surface area contributed by atoms with Crippen molar-refractivity contribution in [2.45, 2.75) is 12.5 Å². The molecule has 1 unspecified atom stereocenters. The molecule has 4 heteroatoms. The molecule has 0 aliphatic carbocycles. The fourth-order valence-corrected chi connectivity index (χ4v) is 3.43. The highest BCUT2D eigenvalue weighted by atomic mass is 35.5. The highest BCUT2D eigenvalue weighted by Gasteiger charge is 2.31. The maximum atomic E-state index is 6.04. The molecule has 0 fully saturated rings. The lowest BCUT2D eigenvalue weighted by molar-refractivity contribution is 0.413. The van der Waals surface area contributed by atoms with Crippen LogP contribution in [0.2, 0.25) is 5.02 Å². The monoisotopic (exact) mass is 362 g/mol. The van der Waals surface area contributed by atoms with E-state index < -0.39 is 0 Å². The number of hydrogen-bond acceptors (Lipinski definition) is 3. The second kappa shape index (κ2) is 7.22. The standard InChI is InChI=1S/C22H19ClN2O/c1-26-22-10-6-5-9-20(22)25-21(17-7-3-2-4-8-17)15-19(24-25)16-11-13-18(23)14-12-16/h2-14,21H,15H2,1H3. The van der Waals surface area contributed by atoms with E-state index in [1.807, 2.05) is 54.6 Å². The first-order valence-corrected chi connectivity index (χ1v) is 8.94. The SMILES string of the molecule is COc1ccccc1N1N=C(c2ccc(Cl)cc2)CC1c1ccccc1. The summed E-state index contributed by atoms with van der Waals surface area (Å²) in [6, 6.07) is 26.4. The fraction of sp³-hybridized carbons (Fsp3) is 0.136. The Hall–Kier alpha value is -2.78. The third-order valence-electron chi connectivity index (χ3n) is 4.60. The molecule has 1 atom stereocenters. The minimum Gasteiger partial charge on any atom is -0.495 e. The molecule has 0 spiro atoms. The topological polar surface area (TPSA) is 24.8 Å². The number of benzene rings is 3. The predicted molar refractivity (Wildman–Crippen MR) is 107 cm³/mol. The molecule has 3 aromatic rings. The Labute approximate surface area is 158 Å². The van der Waals surface area contributed by atoms with E-state index in [0.717, 1.165) is 34.2 Å². The molecule has 26 heavy (non-hydrogen) atoms. The Morgan fingerprint density at radius 1 is 0.923 bits per heavy atom. The largest absolute Gasteiger partial charge is 0.495 e. The van der Waals surface area contributed by atoms with Crippen LogP contribution < -0.4 is 9.75 Å². The number of ether oxygens (including phenoxy) is 1. The average Bonchev–Trinajstić information content (AvgIpc) is 3.14. The molecule has 3 aromatic carbocycles. The summed E-state index contributed by atoms with van der Waals surface area (Å²) in [6.07, 6.45) is 0.823. The van der Waals surface area contributed by atoms with Gasteiger partial charge < -0.3 is 4.74 Å². The summed E-state index contributed by atoms with van der Waals surface area (Å²) in [7, 11) is 1.69. The summed E-state index contributed by atoms with van der Waals surface area (Å²) in [4.78, 5) is 0. The van der Waals surface area contributed by atoms with Crippen LogP contribution in [0.5, 0.6) is 5.75 Å². The van der Waals surface area contributed by atoms with Gasteiger partial charge >= 0.3 is 0 Å². The Kier molecular flexibility index (Phi) is 4.63. The zero-order chi connectivity index (χ0) is 17.9. The van der Waals surface area contributed by atoms with Crippen molar-refractivity contribution in [1.82, 2.24) is 0 Å². The van der Waals surface area contributed by atoms with Crippen LogP contribution in [0.25, 0.3) is 0 Å². The van der Waals surface area contributed by atoms with Crippen LogP contribution in [0.15, 0.2) is 84.0 Å². The number of nitrogens with zero attached hydrogens (tertiary/aromatic N) is 2. The van der Waals surface area contributed by atoms with Gasteiger partial charge in [0, 0.05) is 11.4 Å². The van der Waals surface area contributed by atoms with Crippen LogP contribution in [0.3, 0.4) is 0 Å². The summed E-state index contributed by atoms with van der Waals surface area (Å²) in [5.74, 6) is 0.814. The first-order chi connectivity index (χ1) is 12.8. The minimum absolute atomic E-state index is 0.123. The molecule has 0 N–H and O–H groups in total. The summed E-state index contributed by atoms with van der Waals surface area (Å²) in [5.41, 5.74) is 4.33. The van der Waals surface area contributed by atoms with Gasteiger partial charge in [-0.25, -0.2) is 0 Å². The smallest absolute Gasteiger partial charge is 0.144 e. The molecule has 4 rings (SSSR count). The van der Waals surface area contributed by atoms with Crippen LogP contribution in [0, 0.1) is 0 Å². The van der Waals surface area contributed by atoms with Crippen molar-refractivity contribution in [3.63, 3.8) is 0 Å². The van der Waals surface area contributed by atoms with E-state index in [1.165, 1.54) is 5.56 Å². The molecule has 0 aromatic heterocycles. The highest BCUT2D eigenvalue weighted by Crippen LogP contribution is 2.40. The fourth-order valence-electron chi connectivity index (χ4n) is 3.30. The Morgan fingerprint density at radius 2 is 1.62 bits per heavy atom. The van der Waals surface area contributed by atoms with Gasteiger partial charge in [-0.3, -0.25) is 5.01 Å². The lowest BCUT2D eigenvalue weighted by Gasteiger charge is -2.25. The second-order valence-corrected chi connectivity index (χ2v) is 6.64. The van der Waals surface area contributed by atoms with E-state index in [4.69, 9.17) is 21.4 Å². The molecule has 1 aliphatic heterocycles. The quantitative estimate of drug-likeness (QED) is 0.594. The minimum atomic E-state index is 0.123. The molecule has 1 heterocycles. The number of methoxy groups -OCH3 is 1. The number of halogens is 1. The number of hydrazone groups is 1. The summed E-state index contributed by atoms with van der Waals surface area (Å²) >= 11 is 6.04. The lowest BCUT2D eigenvalue weighted by atomic mass is 9.98. The van der Waals surface area contributed by atoms with Gasteiger partial charge in [-0.05, 0) is 35.4 Å². The van der Waals surface area contributed by atoms with Crippen molar-refractivity contribution in [2.75, 3.05) is 12.1 Å². The molecule has 130 valence electrons. The molecule has 0 radical (unpaired) electrons. The molecule has 1 aliphatic rings. The van der Waals surface area contributed by atoms with E-state index in [2.05, 4.69) is 29.3 Å². The van der Waals surface area contributed by atoms with E-state index in [1.54, 1.807) is 7.11 Å². The van der Waals surface area contributed by atoms with Gasteiger partial charge in [0.15, 0.2) is 0 Å². The van der Waals surface area contributed by atoms with Gasteiger partial charge in [-0.15, -0.1) is 0 Å². The lowest BCUT2D eigenvalue weighted by Crippen LogP contribution is -2.19. The maximum absolute atomic E-state index is 6.04. The molecule has 0 bridgehead atoms. The predicted octanol–water partition coefficient (Wildman–Crippen LogP) is 5.70. The first-order valence-electron chi connectivity index (χ1n) is 8.57. The van der Waals surface area contributed by atoms with Gasteiger partial charge in [0.1, 0.15) is 11.4 Å². The second-order valence-electron chi connectivity index (χ2n) is 6.20. The third kappa shape index (κ3) is 3.18. The van der Waals surface area contributed by atoms with Crippen LogP contribution in [-0.4, -0.2) is 12.8 Å². The Morgan fingerprint density at radius 3 is 2.35 bits per heavy atom. The Bertz CT molecular complexity index is 922. The van der Waals surface area contributed by atoms with Gasteiger partial charge in [0.2, 0.25) is 0 Å². The number of para-hydroxylation sites is 2. The highest BCUT2D eigenvalue weighted by molar-refractivity contribution is 6.30. The molecular weight excluding hydrogens is 344 g/mol. The van der Waals surface area contributed by atoms with E-state index in [9.17, 15) is 0 Å². The summed E-state index contributed by atoms with van der Waals surface area (Å²) < 4.78 is 5.57. The molecule has 0 amide bonds. The number of hydrogen-bond donors (Lipinski definition) is 0. The van der Waals surface area contributed by atoms with Crippen LogP contribution in [0.1, 0.15) is 23.6 Å². The van der Waals surface area contributed by atoms with Gasteiger partial charge in [-0.2, -0.15) is 5.10 Å². The zero-order valence-corrected chi connectivity index (χ0v) is 15.2. The molecule has 0 saturated heterocycles. The van der Waals surface area contributed by atoms with E-state index in [-0.39, 0.29) is 6.04 Å². The third-order valence-corrected chi connectivity index (χ3v) is 4.86. The molecule has 3 nitrogen and oxygen atoms in total. The van der Waals surface area contributed by atoms with E-state index in [0.29, 0.717) is 0 Å². The van der Waals surface area contributed by atoms with Crippen molar-refractivity contribution in [3.8, 4) is 5.75 Å². The van der Waals surface area contributed by atoms with Crippen molar-refractivity contribution >= 4 is 23.0 Å².